The van der Waals surface area contributed by atoms with Crippen LogP contribution in [0.4, 0.5) is 4.79 Å². The van der Waals surface area contributed by atoms with E-state index in [1.807, 2.05) is 6.07 Å². The van der Waals surface area contributed by atoms with E-state index in [0.29, 0.717) is 17.8 Å². The number of amidine groups is 1. The number of imide groups is 1. The quantitative estimate of drug-likeness (QED) is 0.684. The van der Waals surface area contributed by atoms with Gasteiger partial charge in [0, 0.05) is 6.54 Å². The standard InChI is InChI=1S/C23H23N5O4/c1-3-27(13-18-24-17-12-8-7-11-16(17)20(30)25-18)19(29)14-28-21(31)23(2,26-22(28)32)15-9-5-4-6-10-15/h4-12,16H,3,13-14H2,1-2H3,(H,26,32). The van der Waals surface area contributed by atoms with Gasteiger partial charge in [-0.25, -0.2) is 9.79 Å². The summed E-state index contributed by atoms with van der Waals surface area (Å²) in [4.78, 5) is 61.6. The number of carbonyl (C=O) groups excluding carboxylic acids is 4. The summed E-state index contributed by atoms with van der Waals surface area (Å²) in [6, 6.07) is 8.25. The number of nitrogens with one attached hydrogen (secondary N) is 1. The van der Waals surface area contributed by atoms with Gasteiger partial charge in [-0.2, -0.15) is 4.99 Å². The third kappa shape index (κ3) is 3.77. The van der Waals surface area contributed by atoms with Gasteiger partial charge < -0.3 is 10.2 Å². The van der Waals surface area contributed by atoms with Crippen LogP contribution in [0.1, 0.15) is 19.4 Å². The average Bonchev–Trinajstić information content (AvgIpc) is 3.02. The minimum absolute atomic E-state index is 0.00838. The van der Waals surface area contributed by atoms with Crippen molar-refractivity contribution in [2.75, 3.05) is 19.6 Å². The molecule has 2 atom stereocenters. The molecule has 2 aliphatic heterocycles. The molecule has 2 unspecified atom stereocenters. The van der Waals surface area contributed by atoms with Gasteiger partial charge in [0.2, 0.25) is 5.91 Å². The molecule has 2 heterocycles. The number of benzene rings is 1. The first-order valence-electron chi connectivity index (χ1n) is 10.4. The summed E-state index contributed by atoms with van der Waals surface area (Å²) >= 11 is 0. The minimum atomic E-state index is -1.24. The molecule has 9 heteroatoms. The van der Waals surface area contributed by atoms with E-state index < -0.39 is 35.8 Å². The Kier molecular flexibility index (Phi) is 5.56. The molecule has 3 aliphatic rings. The summed E-state index contributed by atoms with van der Waals surface area (Å²) in [5, 5.41) is 2.69. The molecule has 1 aliphatic carbocycles. The predicted molar refractivity (Wildman–Crippen MR) is 118 cm³/mol. The molecule has 1 saturated heterocycles. The van der Waals surface area contributed by atoms with Crippen LogP contribution < -0.4 is 5.32 Å². The molecule has 4 rings (SSSR count). The molecule has 1 aromatic carbocycles. The zero-order chi connectivity index (χ0) is 22.9. The van der Waals surface area contributed by atoms with Gasteiger partial charge in [0.25, 0.3) is 11.8 Å². The second-order valence-electron chi connectivity index (χ2n) is 7.85. The normalized spacial score (nSPS) is 24.1. The number of fused-ring (bicyclic) bond motifs is 1. The van der Waals surface area contributed by atoms with Crippen LogP contribution in [0.5, 0.6) is 0 Å². The van der Waals surface area contributed by atoms with E-state index in [-0.39, 0.29) is 18.3 Å². The van der Waals surface area contributed by atoms with Gasteiger partial charge in [0.15, 0.2) is 5.84 Å². The second-order valence-corrected chi connectivity index (χ2v) is 7.85. The molecule has 0 saturated carbocycles. The number of nitrogens with zero attached hydrogens (tertiary/aromatic N) is 4. The zero-order valence-corrected chi connectivity index (χ0v) is 17.8. The van der Waals surface area contributed by atoms with Crippen LogP contribution in [0, 0.1) is 5.92 Å². The number of carbonyl (C=O) groups is 4. The van der Waals surface area contributed by atoms with E-state index in [4.69, 9.17) is 0 Å². The molecule has 0 radical (unpaired) electrons. The van der Waals surface area contributed by atoms with E-state index in [1.54, 1.807) is 62.4 Å². The van der Waals surface area contributed by atoms with Crippen molar-refractivity contribution >= 4 is 35.3 Å². The van der Waals surface area contributed by atoms with E-state index in [1.165, 1.54) is 4.90 Å². The SMILES string of the molecule is CCN(CC1=NC(=O)C2C=CC=CC2=N1)C(=O)CN1C(=O)NC(C)(c2ccccc2)C1=O. The fourth-order valence-corrected chi connectivity index (χ4v) is 3.88. The molecule has 1 N–H and O–H groups in total. The first-order valence-corrected chi connectivity index (χ1v) is 10.4. The van der Waals surface area contributed by atoms with Crippen LogP contribution in [-0.2, 0) is 19.9 Å². The Morgan fingerprint density at radius 2 is 1.91 bits per heavy atom. The van der Waals surface area contributed by atoms with Crippen LogP contribution in [0.15, 0.2) is 64.6 Å². The maximum absolute atomic E-state index is 13.0. The molecule has 0 bridgehead atoms. The maximum Gasteiger partial charge on any atom is 0.325 e. The number of rotatable bonds is 6. The van der Waals surface area contributed by atoms with Crippen molar-refractivity contribution < 1.29 is 19.2 Å². The van der Waals surface area contributed by atoms with Crippen molar-refractivity contribution in [2.24, 2.45) is 15.9 Å². The molecule has 1 fully saturated rings. The molecular weight excluding hydrogens is 410 g/mol. The third-order valence-electron chi connectivity index (χ3n) is 5.75. The fourth-order valence-electron chi connectivity index (χ4n) is 3.88. The van der Waals surface area contributed by atoms with Crippen molar-refractivity contribution in [1.29, 1.82) is 0 Å². The number of likely N-dealkylation sites (N-methyl/N-ethyl adjacent to an activating group) is 1. The number of amides is 5. The highest BCUT2D eigenvalue weighted by molar-refractivity contribution is 6.21. The highest BCUT2D eigenvalue weighted by atomic mass is 16.2. The van der Waals surface area contributed by atoms with Crippen molar-refractivity contribution in [3.8, 4) is 0 Å². The van der Waals surface area contributed by atoms with Crippen LogP contribution in [0.3, 0.4) is 0 Å². The number of hydrogen-bond acceptors (Lipinski definition) is 5. The Hall–Kier alpha value is -3.88. The summed E-state index contributed by atoms with van der Waals surface area (Å²) < 4.78 is 0. The third-order valence-corrected chi connectivity index (χ3v) is 5.75. The second kappa shape index (κ2) is 8.33. The Labute approximate surface area is 185 Å². The Bertz CT molecular complexity index is 1100. The molecule has 164 valence electrons. The van der Waals surface area contributed by atoms with Gasteiger partial charge in [-0.1, -0.05) is 48.6 Å². The Balaban J connectivity index is 1.47. The number of aliphatic imine (C=N–C) groups is 2. The lowest BCUT2D eigenvalue weighted by atomic mass is 9.92. The monoisotopic (exact) mass is 433 g/mol. The highest BCUT2D eigenvalue weighted by Gasteiger charge is 2.49. The summed E-state index contributed by atoms with van der Waals surface area (Å²) in [6.07, 6.45) is 7.03. The van der Waals surface area contributed by atoms with Crippen molar-refractivity contribution in [3.63, 3.8) is 0 Å². The first-order chi connectivity index (χ1) is 15.3. The van der Waals surface area contributed by atoms with Crippen LogP contribution in [0.25, 0.3) is 0 Å². The molecular formula is C23H23N5O4. The Morgan fingerprint density at radius 3 is 2.62 bits per heavy atom. The number of hydrogen-bond donors (Lipinski definition) is 1. The van der Waals surface area contributed by atoms with Crippen LogP contribution in [0.2, 0.25) is 0 Å². The lowest BCUT2D eigenvalue weighted by Gasteiger charge is -2.25. The lowest BCUT2D eigenvalue weighted by molar-refractivity contribution is -0.138. The zero-order valence-electron chi connectivity index (χ0n) is 17.8. The molecule has 0 spiro atoms. The van der Waals surface area contributed by atoms with Crippen molar-refractivity contribution in [1.82, 2.24) is 15.1 Å². The summed E-state index contributed by atoms with van der Waals surface area (Å²) in [7, 11) is 0. The summed E-state index contributed by atoms with van der Waals surface area (Å²) in [5.41, 5.74) is -0.0217. The number of urea groups is 1. The molecule has 5 amide bonds. The Morgan fingerprint density at radius 1 is 1.16 bits per heavy atom. The summed E-state index contributed by atoms with van der Waals surface area (Å²) in [5.74, 6) is -1.53. The largest absolute Gasteiger partial charge is 0.334 e. The smallest absolute Gasteiger partial charge is 0.325 e. The molecule has 9 nitrogen and oxygen atoms in total. The van der Waals surface area contributed by atoms with Gasteiger partial charge >= 0.3 is 6.03 Å². The fraction of sp³-hybridized carbons (Fsp3) is 0.304. The first kappa shape index (κ1) is 21.4. The van der Waals surface area contributed by atoms with Crippen LogP contribution in [-0.4, -0.2) is 64.7 Å². The van der Waals surface area contributed by atoms with E-state index >= 15 is 0 Å². The molecule has 1 aromatic rings. The van der Waals surface area contributed by atoms with Gasteiger partial charge in [0.05, 0.1) is 12.3 Å². The van der Waals surface area contributed by atoms with Crippen molar-refractivity contribution in [3.05, 3.63) is 60.2 Å². The minimum Gasteiger partial charge on any atom is -0.334 e. The summed E-state index contributed by atoms with van der Waals surface area (Å²) in [6.45, 7) is 3.28. The van der Waals surface area contributed by atoms with Gasteiger partial charge in [-0.15, -0.1) is 0 Å². The van der Waals surface area contributed by atoms with E-state index in [9.17, 15) is 19.2 Å². The molecule has 0 aromatic heterocycles. The maximum atomic E-state index is 13.0. The number of allylic oxidation sites excluding steroid dienone is 3. The topological polar surface area (TPSA) is 112 Å². The lowest BCUT2D eigenvalue weighted by Crippen LogP contribution is -2.46. The van der Waals surface area contributed by atoms with Crippen molar-refractivity contribution in [2.45, 2.75) is 19.4 Å². The van der Waals surface area contributed by atoms with E-state index in [2.05, 4.69) is 15.3 Å². The predicted octanol–water partition coefficient (Wildman–Crippen LogP) is 1.42. The van der Waals surface area contributed by atoms with Gasteiger partial charge in [-0.3, -0.25) is 19.3 Å². The van der Waals surface area contributed by atoms with Gasteiger partial charge in [0.1, 0.15) is 18.0 Å². The van der Waals surface area contributed by atoms with Gasteiger partial charge in [-0.05, 0) is 25.5 Å². The van der Waals surface area contributed by atoms with E-state index in [0.717, 1.165) is 4.90 Å². The average molecular weight is 433 g/mol. The molecule has 32 heavy (non-hydrogen) atoms. The highest BCUT2D eigenvalue weighted by Crippen LogP contribution is 2.28. The van der Waals surface area contributed by atoms with Crippen LogP contribution >= 0.6 is 0 Å².